The number of carbonyl (C=O) groups excluding carboxylic acids is 1. The lowest BCUT2D eigenvalue weighted by molar-refractivity contribution is -0.126. The van der Waals surface area contributed by atoms with E-state index >= 15 is 0 Å². The smallest absolute Gasteiger partial charge is 0.243 e. The van der Waals surface area contributed by atoms with Gasteiger partial charge in [0.15, 0.2) is 0 Å². The minimum atomic E-state index is -3.65. The van der Waals surface area contributed by atoms with E-state index in [1.165, 1.54) is 16.4 Å². The number of hydrogen-bond acceptors (Lipinski definition) is 4. The Bertz CT molecular complexity index is 993. The molecule has 30 heavy (non-hydrogen) atoms. The number of halogens is 1. The average Bonchev–Trinajstić information content (AvgIpc) is 2.74. The molecular weight excluding hydrogens is 424 g/mol. The first kappa shape index (κ1) is 22.6. The maximum Gasteiger partial charge on any atom is 0.243 e. The molecule has 1 aliphatic heterocycles. The van der Waals surface area contributed by atoms with Crippen molar-refractivity contribution in [3.05, 3.63) is 58.6 Å². The Kier molecular flexibility index (Phi) is 7.39. The third-order valence-electron chi connectivity index (χ3n) is 5.42. The van der Waals surface area contributed by atoms with E-state index in [4.69, 9.17) is 16.3 Å². The van der Waals surface area contributed by atoms with Crippen LogP contribution in [0.2, 0.25) is 5.02 Å². The second-order valence-electron chi connectivity index (χ2n) is 7.49. The third kappa shape index (κ3) is 5.33. The van der Waals surface area contributed by atoms with Crippen molar-refractivity contribution in [2.24, 2.45) is 5.92 Å². The van der Waals surface area contributed by atoms with E-state index in [-0.39, 0.29) is 23.3 Å². The number of ether oxygens (including phenoxy) is 1. The molecule has 6 nitrogen and oxygen atoms in total. The molecule has 0 unspecified atom stereocenters. The van der Waals surface area contributed by atoms with Gasteiger partial charge in [-0.25, -0.2) is 8.42 Å². The normalized spacial score (nSPS) is 17.5. The van der Waals surface area contributed by atoms with E-state index in [0.29, 0.717) is 37.6 Å². The van der Waals surface area contributed by atoms with Crippen molar-refractivity contribution in [2.75, 3.05) is 26.2 Å². The van der Waals surface area contributed by atoms with Crippen molar-refractivity contribution in [1.29, 1.82) is 0 Å². The highest BCUT2D eigenvalue weighted by atomic mass is 35.5. The second-order valence-corrected chi connectivity index (χ2v) is 9.87. The number of piperidine rings is 1. The molecule has 162 valence electrons. The van der Waals surface area contributed by atoms with Crippen LogP contribution in [0, 0.1) is 19.8 Å². The number of aryl methyl sites for hydroxylation is 1. The van der Waals surface area contributed by atoms with E-state index in [2.05, 4.69) is 5.32 Å². The monoisotopic (exact) mass is 450 g/mol. The van der Waals surface area contributed by atoms with Gasteiger partial charge in [0.2, 0.25) is 15.9 Å². The van der Waals surface area contributed by atoms with Crippen LogP contribution in [0.5, 0.6) is 5.75 Å². The van der Waals surface area contributed by atoms with Gasteiger partial charge in [-0.2, -0.15) is 4.31 Å². The van der Waals surface area contributed by atoms with Crippen LogP contribution in [0.25, 0.3) is 0 Å². The van der Waals surface area contributed by atoms with Gasteiger partial charge in [-0.15, -0.1) is 0 Å². The van der Waals surface area contributed by atoms with Crippen molar-refractivity contribution in [3.8, 4) is 5.75 Å². The molecule has 0 spiro atoms. The Labute approximate surface area is 183 Å². The molecule has 1 saturated heterocycles. The first-order valence-corrected chi connectivity index (χ1v) is 11.8. The molecule has 0 bridgehead atoms. The summed E-state index contributed by atoms with van der Waals surface area (Å²) in [7, 11) is -3.65. The first-order valence-electron chi connectivity index (χ1n) is 10.0. The third-order valence-corrected chi connectivity index (χ3v) is 7.55. The van der Waals surface area contributed by atoms with Crippen LogP contribution < -0.4 is 10.1 Å². The maximum absolute atomic E-state index is 12.9. The van der Waals surface area contributed by atoms with Crippen LogP contribution in [0.15, 0.2) is 47.4 Å². The molecule has 1 aliphatic rings. The van der Waals surface area contributed by atoms with Crippen molar-refractivity contribution < 1.29 is 17.9 Å². The lowest BCUT2D eigenvalue weighted by Crippen LogP contribution is -2.45. The number of nitrogens with zero attached hydrogens (tertiary/aromatic N) is 1. The Morgan fingerprint density at radius 1 is 1.20 bits per heavy atom. The molecule has 1 heterocycles. The summed E-state index contributed by atoms with van der Waals surface area (Å²) < 4.78 is 32.9. The van der Waals surface area contributed by atoms with Crippen LogP contribution in [-0.2, 0) is 14.8 Å². The minimum absolute atomic E-state index is 0.143. The quantitative estimate of drug-likeness (QED) is 0.654. The minimum Gasteiger partial charge on any atom is -0.491 e. The second kappa shape index (κ2) is 9.81. The van der Waals surface area contributed by atoms with Gasteiger partial charge in [0.25, 0.3) is 0 Å². The summed E-state index contributed by atoms with van der Waals surface area (Å²) in [6.07, 6.45) is 1.31. The average molecular weight is 451 g/mol. The number of carbonyl (C=O) groups is 1. The molecule has 2 aromatic carbocycles. The molecule has 1 fully saturated rings. The summed E-state index contributed by atoms with van der Waals surface area (Å²) in [6, 6.07) is 12.0. The van der Waals surface area contributed by atoms with Gasteiger partial charge in [-0.1, -0.05) is 23.7 Å². The summed E-state index contributed by atoms with van der Waals surface area (Å²) in [6.45, 7) is 5.33. The van der Waals surface area contributed by atoms with Gasteiger partial charge in [0, 0.05) is 18.1 Å². The van der Waals surface area contributed by atoms with E-state index in [1.807, 2.05) is 32.0 Å². The van der Waals surface area contributed by atoms with Gasteiger partial charge >= 0.3 is 0 Å². The Balaban J connectivity index is 1.53. The fourth-order valence-electron chi connectivity index (χ4n) is 3.49. The van der Waals surface area contributed by atoms with Gasteiger partial charge in [0.1, 0.15) is 12.4 Å². The fraction of sp³-hybridized carbons (Fsp3) is 0.409. The van der Waals surface area contributed by atoms with E-state index < -0.39 is 10.0 Å². The summed E-state index contributed by atoms with van der Waals surface area (Å²) in [5.41, 5.74) is 2.24. The Morgan fingerprint density at radius 2 is 1.93 bits per heavy atom. The number of sulfonamides is 1. The van der Waals surface area contributed by atoms with E-state index in [1.54, 1.807) is 12.1 Å². The number of rotatable bonds is 7. The molecule has 0 radical (unpaired) electrons. The maximum atomic E-state index is 12.9. The number of amides is 1. The van der Waals surface area contributed by atoms with Gasteiger partial charge in [-0.3, -0.25) is 4.79 Å². The molecule has 2 aromatic rings. The molecule has 3 rings (SSSR count). The molecule has 1 atom stereocenters. The summed E-state index contributed by atoms with van der Waals surface area (Å²) in [4.78, 5) is 12.8. The largest absolute Gasteiger partial charge is 0.491 e. The first-order chi connectivity index (χ1) is 14.3. The Morgan fingerprint density at radius 3 is 2.67 bits per heavy atom. The molecule has 0 saturated carbocycles. The van der Waals surface area contributed by atoms with Gasteiger partial charge in [-0.05, 0) is 68.1 Å². The van der Waals surface area contributed by atoms with Crippen molar-refractivity contribution in [1.82, 2.24) is 9.62 Å². The zero-order chi connectivity index (χ0) is 21.7. The zero-order valence-electron chi connectivity index (χ0n) is 17.2. The van der Waals surface area contributed by atoms with Crippen molar-refractivity contribution >= 4 is 27.5 Å². The van der Waals surface area contributed by atoms with Gasteiger partial charge < -0.3 is 10.1 Å². The summed E-state index contributed by atoms with van der Waals surface area (Å²) in [5.74, 6) is 0.291. The molecule has 1 N–H and O–H groups in total. The summed E-state index contributed by atoms with van der Waals surface area (Å²) >= 11 is 5.86. The lowest BCUT2D eigenvalue weighted by Gasteiger charge is -2.31. The Hall–Kier alpha value is -2.09. The molecule has 0 aromatic heterocycles. The molecule has 1 amide bonds. The predicted octanol–water partition coefficient (Wildman–Crippen LogP) is 3.55. The summed E-state index contributed by atoms with van der Waals surface area (Å²) in [5, 5.41) is 3.35. The zero-order valence-corrected chi connectivity index (χ0v) is 18.8. The van der Waals surface area contributed by atoms with E-state index in [0.717, 1.165) is 16.9 Å². The number of benzene rings is 2. The fourth-order valence-corrected chi connectivity index (χ4v) is 5.14. The highest BCUT2D eigenvalue weighted by Gasteiger charge is 2.33. The van der Waals surface area contributed by atoms with E-state index in [9.17, 15) is 13.2 Å². The van der Waals surface area contributed by atoms with Crippen molar-refractivity contribution in [3.63, 3.8) is 0 Å². The van der Waals surface area contributed by atoms with Crippen LogP contribution in [0.1, 0.15) is 24.0 Å². The highest BCUT2D eigenvalue weighted by Crippen LogP contribution is 2.25. The SMILES string of the molecule is Cc1cccc(OCCNC(=O)[C@@H]2CCCN(S(=O)(=O)c3ccc(Cl)cc3)C2)c1C. The van der Waals surface area contributed by atoms with Crippen LogP contribution in [0.3, 0.4) is 0 Å². The van der Waals surface area contributed by atoms with Gasteiger partial charge in [0.05, 0.1) is 17.4 Å². The molecule has 8 heteroatoms. The highest BCUT2D eigenvalue weighted by molar-refractivity contribution is 7.89. The lowest BCUT2D eigenvalue weighted by atomic mass is 9.99. The number of hydrogen-bond donors (Lipinski definition) is 1. The van der Waals surface area contributed by atoms with Crippen LogP contribution in [0.4, 0.5) is 0 Å². The predicted molar refractivity (Wildman–Crippen MR) is 117 cm³/mol. The van der Waals surface area contributed by atoms with Crippen molar-refractivity contribution in [2.45, 2.75) is 31.6 Å². The van der Waals surface area contributed by atoms with Crippen LogP contribution >= 0.6 is 11.6 Å². The van der Waals surface area contributed by atoms with Crippen LogP contribution in [-0.4, -0.2) is 44.9 Å². The molecule has 0 aliphatic carbocycles. The standard InChI is InChI=1S/C22H27ClN2O4S/c1-16-5-3-7-21(17(16)2)29-14-12-24-22(26)18-6-4-13-25(15-18)30(27,28)20-10-8-19(23)9-11-20/h3,5,7-11,18H,4,6,12-15H2,1-2H3,(H,24,26)/t18-/m1/s1. The molecular formula is C22H27ClN2O4S. The topological polar surface area (TPSA) is 75.7 Å². The number of nitrogens with one attached hydrogen (secondary N) is 1.